The second kappa shape index (κ2) is 9.57. The Morgan fingerprint density at radius 2 is 1.55 bits per heavy atom. The molecule has 0 amide bonds. The number of aromatic carboxylic acids is 1. The molecule has 1 heterocycles. The van der Waals surface area contributed by atoms with Gasteiger partial charge in [-0.15, -0.1) is 5.10 Å². The third-order valence-electron chi connectivity index (χ3n) is 4.65. The van der Waals surface area contributed by atoms with E-state index in [1.165, 1.54) is 12.1 Å². The van der Waals surface area contributed by atoms with Gasteiger partial charge in [0, 0.05) is 16.2 Å². The van der Waals surface area contributed by atoms with Gasteiger partial charge < -0.3 is 14.6 Å². The van der Waals surface area contributed by atoms with Crippen molar-refractivity contribution in [3.63, 3.8) is 0 Å². The first-order chi connectivity index (χ1) is 15.8. The van der Waals surface area contributed by atoms with Gasteiger partial charge >= 0.3 is 5.97 Å². The zero-order valence-electron chi connectivity index (χ0n) is 17.8. The van der Waals surface area contributed by atoms with Crippen molar-refractivity contribution in [2.45, 2.75) is 20.0 Å². The first-order valence-electron chi connectivity index (χ1n) is 10.1. The standard InChI is InChI=1S/C25H20Cl2N2O4/c1-15(2)32-21-7-3-16(4-8-21)23-14-29(20-12-18(26)11-19(27)13-20)28-24(23)33-22-9-5-17(6-10-22)25(30)31/h3-15H,1-2H3,(H,30,31). The van der Waals surface area contributed by atoms with E-state index in [1.54, 1.807) is 35.0 Å². The molecule has 0 aliphatic carbocycles. The molecule has 168 valence electrons. The minimum atomic E-state index is -1.01. The summed E-state index contributed by atoms with van der Waals surface area (Å²) in [4.78, 5) is 11.1. The molecule has 1 N–H and O–H groups in total. The van der Waals surface area contributed by atoms with Crippen LogP contribution in [0.3, 0.4) is 0 Å². The number of rotatable bonds is 7. The topological polar surface area (TPSA) is 73.6 Å². The predicted octanol–water partition coefficient (Wildman–Crippen LogP) is 7.12. The smallest absolute Gasteiger partial charge is 0.335 e. The van der Waals surface area contributed by atoms with Crippen molar-refractivity contribution in [3.05, 3.63) is 88.5 Å². The van der Waals surface area contributed by atoms with Crippen LogP contribution in [0.2, 0.25) is 10.0 Å². The Morgan fingerprint density at radius 3 is 2.12 bits per heavy atom. The second-order valence-corrected chi connectivity index (χ2v) is 8.42. The molecule has 0 unspecified atom stereocenters. The fraction of sp³-hybridized carbons (Fsp3) is 0.120. The summed E-state index contributed by atoms with van der Waals surface area (Å²) in [5.41, 5.74) is 2.43. The maximum Gasteiger partial charge on any atom is 0.335 e. The summed E-state index contributed by atoms with van der Waals surface area (Å²) >= 11 is 12.3. The van der Waals surface area contributed by atoms with Gasteiger partial charge in [0.1, 0.15) is 11.5 Å². The van der Waals surface area contributed by atoms with Crippen LogP contribution in [0, 0.1) is 0 Å². The Hall–Kier alpha value is -3.48. The third-order valence-corrected chi connectivity index (χ3v) is 5.08. The van der Waals surface area contributed by atoms with Gasteiger partial charge in [-0.25, -0.2) is 9.48 Å². The maximum atomic E-state index is 11.1. The zero-order valence-corrected chi connectivity index (χ0v) is 19.3. The minimum absolute atomic E-state index is 0.0684. The monoisotopic (exact) mass is 482 g/mol. The van der Waals surface area contributed by atoms with Crippen molar-refractivity contribution < 1.29 is 19.4 Å². The van der Waals surface area contributed by atoms with Crippen LogP contribution in [0.15, 0.2) is 72.9 Å². The molecule has 0 saturated carbocycles. The van der Waals surface area contributed by atoms with E-state index < -0.39 is 5.97 Å². The van der Waals surface area contributed by atoms with Crippen molar-refractivity contribution in [2.75, 3.05) is 0 Å². The van der Waals surface area contributed by atoms with Crippen LogP contribution in [0.4, 0.5) is 0 Å². The number of carboxylic acid groups (broad SMARTS) is 1. The molecule has 0 saturated heterocycles. The molecule has 1 aromatic heterocycles. The highest BCUT2D eigenvalue weighted by atomic mass is 35.5. The Labute approximate surface area is 200 Å². The molecule has 4 rings (SSSR count). The lowest BCUT2D eigenvalue weighted by Crippen LogP contribution is -2.05. The van der Waals surface area contributed by atoms with Crippen LogP contribution in [-0.4, -0.2) is 27.0 Å². The van der Waals surface area contributed by atoms with Crippen molar-refractivity contribution in [3.8, 4) is 34.2 Å². The molecule has 0 atom stereocenters. The largest absolute Gasteiger partial charge is 0.491 e. The van der Waals surface area contributed by atoms with Crippen LogP contribution in [0.1, 0.15) is 24.2 Å². The first-order valence-corrected chi connectivity index (χ1v) is 10.9. The van der Waals surface area contributed by atoms with Crippen molar-refractivity contribution in [1.82, 2.24) is 9.78 Å². The van der Waals surface area contributed by atoms with E-state index in [1.807, 2.05) is 44.3 Å². The van der Waals surface area contributed by atoms with Gasteiger partial charge in [-0.1, -0.05) is 35.3 Å². The number of ether oxygens (including phenoxy) is 2. The van der Waals surface area contributed by atoms with E-state index in [4.69, 9.17) is 37.8 Å². The number of carbonyl (C=O) groups is 1. The van der Waals surface area contributed by atoms with Crippen LogP contribution in [0.25, 0.3) is 16.8 Å². The molecule has 0 radical (unpaired) electrons. The van der Waals surface area contributed by atoms with E-state index in [-0.39, 0.29) is 11.7 Å². The van der Waals surface area contributed by atoms with Gasteiger partial charge in [0.2, 0.25) is 5.88 Å². The van der Waals surface area contributed by atoms with Gasteiger partial charge in [0.05, 0.1) is 22.9 Å². The van der Waals surface area contributed by atoms with Crippen LogP contribution >= 0.6 is 23.2 Å². The summed E-state index contributed by atoms with van der Waals surface area (Å²) in [5.74, 6) is 0.546. The number of hydrogen-bond acceptors (Lipinski definition) is 4. The van der Waals surface area contributed by atoms with E-state index >= 15 is 0 Å². The second-order valence-electron chi connectivity index (χ2n) is 7.54. The van der Waals surface area contributed by atoms with Crippen LogP contribution < -0.4 is 9.47 Å². The number of halogens is 2. The normalized spacial score (nSPS) is 10.9. The van der Waals surface area contributed by atoms with E-state index in [2.05, 4.69) is 5.10 Å². The molecular formula is C25H20Cl2N2O4. The van der Waals surface area contributed by atoms with Gasteiger partial charge in [0.15, 0.2) is 0 Å². The van der Waals surface area contributed by atoms with Crippen molar-refractivity contribution in [1.29, 1.82) is 0 Å². The van der Waals surface area contributed by atoms with E-state index in [9.17, 15) is 4.79 Å². The molecular weight excluding hydrogens is 463 g/mol. The molecule has 3 aromatic carbocycles. The highest BCUT2D eigenvalue weighted by Crippen LogP contribution is 2.35. The van der Waals surface area contributed by atoms with Gasteiger partial charge in [0.25, 0.3) is 0 Å². The minimum Gasteiger partial charge on any atom is -0.491 e. The molecule has 33 heavy (non-hydrogen) atoms. The first kappa shape index (κ1) is 22.7. The maximum absolute atomic E-state index is 11.1. The highest BCUT2D eigenvalue weighted by molar-refractivity contribution is 6.34. The summed E-state index contributed by atoms with van der Waals surface area (Å²) in [5, 5.41) is 14.7. The predicted molar refractivity (Wildman–Crippen MR) is 128 cm³/mol. The molecule has 0 bridgehead atoms. The van der Waals surface area contributed by atoms with E-state index in [0.29, 0.717) is 27.4 Å². The molecule has 6 nitrogen and oxygen atoms in total. The highest BCUT2D eigenvalue weighted by Gasteiger charge is 2.16. The number of aromatic nitrogens is 2. The Kier molecular flexibility index (Phi) is 6.58. The lowest BCUT2D eigenvalue weighted by molar-refractivity contribution is 0.0697. The van der Waals surface area contributed by atoms with Crippen LogP contribution in [0.5, 0.6) is 17.4 Å². The van der Waals surface area contributed by atoms with Crippen molar-refractivity contribution >= 4 is 29.2 Å². The summed E-state index contributed by atoms with van der Waals surface area (Å²) < 4.78 is 13.4. The van der Waals surface area contributed by atoms with Crippen molar-refractivity contribution in [2.24, 2.45) is 0 Å². The van der Waals surface area contributed by atoms with Crippen LogP contribution in [-0.2, 0) is 0 Å². The summed E-state index contributed by atoms with van der Waals surface area (Å²) in [7, 11) is 0. The Balaban J connectivity index is 1.74. The fourth-order valence-electron chi connectivity index (χ4n) is 3.20. The molecule has 8 heteroatoms. The average Bonchev–Trinajstić information content (AvgIpc) is 3.17. The van der Waals surface area contributed by atoms with Gasteiger partial charge in [-0.05, 0) is 74.0 Å². The number of carboxylic acids is 1. The lowest BCUT2D eigenvalue weighted by Gasteiger charge is -2.10. The fourth-order valence-corrected chi connectivity index (χ4v) is 3.71. The number of hydrogen-bond donors (Lipinski definition) is 1. The lowest BCUT2D eigenvalue weighted by atomic mass is 10.1. The molecule has 0 fully saturated rings. The Morgan fingerprint density at radius 1 is 0.939 bits per heavy atom. The summed E-state index contributed by atoms with van der Waals surface area (Å²) in [6.45, 7) is 3.94. The summed E-state index contributed by atoms with van der Waals surface area (Å²) in [6.07, 6.45) is 1.89. The quantitative estimate of drug-likeness (QED) is 0.303. The summed E-state index contributed by atoms with van der Waals surface area (Å²) in [6, 6.07) is 18.9. The number of benzene rings is 3. The molecule has 0 spiro atoms. The molecule has 4 aromatic rings. The number of nitrogens with zero attached hydrogens (tertiary/aromatic N) is 2. The third kappa shape index (κ3) is 5.48. The van der Waals surface area contributed by atoms with Gasteiger partial charge in [-0.3, -0.25) is 0 Å². The molecule has 0 aliphatic rings. The Bertz CT molecular complexity index is 1260. The van der Waals surface area contributed by atoms with E-state index in [0.717, 1.165) is 16.9 Å². The molecule has 0 aliphatic heterocycles. The van der Waals surface area contributed by atoms with Gasteiger partial charge in [-0.2, -0.15) is 0 Å². The average molecular weight is 483 g/mol. The SMILES string of the molecule is CC(C)Oc1ccc(-c2cn(-c3cc(Cl)cc(Cl)c3)nc2Oc2ccc(C(=O)O)cc2)cc1. The zero-order chi connectivity index (χ0) is 23.5.